The number of anilines is 1. The first-order valence-electron chi connectivity index (χ1n) is 11.8. The number of benzene rings is 4. The maximum Gasteiger partial charge on any atom is 0.243 e. The van der Waals surface area contributed by atoms with Gasteiger partial charge >= 0.3 is 0 Å². The zero-order valence-electron chi connectivity index (χ0n) is 21.0. The molecule has 0 radical (unpaired) electrons. The van der Waals surface area contributed by atoms with Gasteiger partial charge in [0.1, 0.15) is 11.8 Å². The van der Waals surface area contributed by atoms with E-state index in [-0.39, 0.29) is 17.1 Å². The van der Waals surface area contributed by atoms with E-state index in [1.807, 2.05) is 48.5 Å². The van der Waals surface area contributed by atoms with Gasteiger partial charge in [-0.05, 0) is 48.4 Å². The number of methoxy groups -OCH3 is 2. The Morgan fingerprint density at radius 1 is 0.763 bits per heavy atom. The molecule has 0 spiro atoms. The van der Waals surface area contributed by atoms with Crippen LogP contribution < -0.4 is 24.2 Å². The fourth-order valence-corrected chi connectivity index (χ4v) is 4.98. The van der Waals surface area contributed by atoms with Gasteiger partial charge in [0.15, 0.2) is 17.2 Å². The van der Waals surface area contributed by atoms with Gasteiger partial charge < -0.3 is 19.5 Å². The van der Waals surface area contributed by atoms with Crippen LogP contribution in [0.4, 0.5) is 5.69 Å². The van der Waals surface area contributed by atoms with Crippen LogP contribution in [0.15, 0.2) is 108 Å². The summed E-state index contributed by atoms with van der Waals surface area (Å²) in [5.74, 6) is 1.13. The monoisotopic (exact) mass is 532 g/mol. The van der Waals surface area contributed by atoms with Crippen molar-refractivity contribution in [2.24, 2.45) is 0 Å². The van der Waals surface area contributed by atoms with Crippen LogP contribution >= 0.6 is 0 Å². The van der Waals surface area contributed by atoms with Gasteiger partial charge in [0.2, 0.25) is 15.9 Å². The van der Waals surface area contributed by atoms with Crippen molar-refractivity contribution in [3.63, 3.8) is 0 Å². The Hall–Kier alpha value is -4.34. The van der Waals surface area contributed by atoms with Crippen molar-refractivity contribution in [1.29, 1.82) is 0 Å². The van der Waals surface area contributed by atoms with Gasteiger partial charge in [-0.15, -0.1) is 0 Å². The molecule has 0 aliphatic heterocycles. The van der Waals surface area contributed by atoms with Crippen LogP contribution in [0.2, 0.25) is 0 Å². The summed E-state index contributed by atoms with van der Waals surface area (Å²) < 4.78 is 45.7. The second kappa shape index (κ2) is 12.3. The number of hydrogen-bond acceptors (Lipinski definition) is 6. The number of amides is 1. The summed E-state index contributed by atoms with van der Waals surface area (Å²) in [5.41, 5.74) is 1.20. The summed E-state index contributed by atoms with van der Waals surface area (Å²) >= 11 is 0. The molecule has 0 fully saturated rings. The molecule has 1 amide bonds. The molecule has 2 N–H and O–H groups in total. The number of nitrogens with one attached hydrogen (secondary N) is 2. The third-order valence-electron chi connectivity index (χ3n) is 5.68. The number of ether oxygens (including phenoxy) is 3. The Morgan fingerprint density at radius 3 is 2.08 bits per heavy atom. The first kappa shape index (κ1) is 26.7. The molecular formula is C29H28N2O6S. The van der Waals surface area contributed by atoms with E-state index < -0.39 is 22.0 Å². The Balaban J connectivity index is 1.61. The van der Waals surface area contributed by atoms with E-state index in [9.17, 15) is 13.2 Å². The lowest BCUT2D eigenvalue weighted by Crippen LogP contribution is -2.45. The van der Waals surface area contributed by atoms with Crippen LogP contribution in [0.3, 0.4) is 0 Å². The number of rotatable bonds is 11. The Kier molecular flexibility index (Phi) is 8.62. The third-order valence-corrected chi connectivity index (χ3v) is 7.15. The zero-order chi connectivity index (χ0) is 27.0. The fourth-order valence-electron chi connectivity index (χ4n) is 3.77. The molecule has 4 aromatic rings. The molecule has 0 saturated carbocycles. The standard InChI is InChI=1S/C29H28N2O6S/c1-35-27-18-17-23(20-28(27)36-2)38(33,34)31-25(19-21-11-5-3-6-12-21)29(32)30-24-15-9-10-16-26(24)37-22-13-7-4-8-14-22/h3-18,20,25,31H,19H2,1-2H3,(H,30,32). The van der Waals surface area contributed by atoms with E-state index in [1.165, 1.54) is 32.4 Å². The molecule has 1 unspecified atom stereocenters. The zero-order valence-corrected chi connectivity index (χ0v) is 21.8. The minimum atomic E-state index is -4.11. The Bertz CT molecular complexity index is 1480. The molecule has 0 aromatic heterocycles. The molecule has 4 aromatic carbocycles. The summed E-state index contributed by atoms with van der Waals surface area (Å²) in [6.07, 6.45) is 0.126. The van der Waals surface area contributed by atoms with Gasteiger partial charge in [0, 0.05) is 6.07 Å². The van der Waals surface area contributed by atoms with E-state index in [4.69, 9.17) is 14.2 Å². The summed E-state index contributed by atoms with van der Waals surface area (Å²) in [4.78, 5) is 13.5. The van der Waals surface area contributed by atoms with Crippen molar-refractivity contribution in [1.82, 2.24) is 4.72 Å². The average Bonchev–Trinajstić information content (AvgIpc) is 2.94. The molecule has 38 heavy (non-hydrogen) atoms. The highest BCUT2D eigenvalue weighted by Gasteiger charge is 2.27. The molecule has 0 bridgehead atoms. The average molecular weight is 533 g/mol. The maximum absolute atomic E-state index is 13.5. The van der Waals surface area contributed by atoms with Gasteiger partial charge in [0.05, 0.1) is 24.8 Å². The fraction of sp³-hybridized carbons (Fsp3) is 0.138. The van der Waals surface area contributed by atoms with Crippen molar-refractivity contribution in [2.45, 2.75) is 17.4 Å². The summed E-state index contributed by atoms with van der Waals surface area (Å²) in [5, 5.41) is 2.83. The lowest BCUT2D eigenvalue weighted by molar-refractivity contribution is -0.117. The topological polar surface area (TPSA) is 103 Å². The lowest BCUT2D eigenvalue weighted by Gasteiger charge is -2.20. The highest BCUT2D eigenvalue weighted by atomic mass is 32.2. The van der Waals surface area contributed by atoms with Crippen LogP contribution in [0.1, 0.15) is 5.56 Å². The number of hydrogen-bond donors (Lipinski definition) is 2. The maximum atomic E-state index is 13.5. The van der Waals surface area contributed by atoms with Crippen LogP contribution in [0, 0.1) is 0 Å². The first-order valence-corrected chi connectivity index (χ1v) is 13.3. The number of sulfonamides is 1. The van der Waals surface area contributed by atoms with Crippen molar-refractivity contribution in [3.8, 4) is 23.0 Å². The minimum absolute atomic E-state index is 0.0613. The van der Waals surface area contributed by atoms with E-state index in [0.717, 1.165) is 5.56 Å². The van der Waals surface area contributed by atoms with Crippen molar-refractivity contribution < 1.29 is 27.4 Å². The summed E-state index contributed by atoms with van der Waals surface area (Å²) in [7, 11) is -1.23. The molecule has 0 heterocycles. The molecule has 4 rings (SSSR count). The van der Waals surface area contributed by atoms with Gasteiger partial charge in [0.25, 0.3) is 0 Å². The quantitative estimate of drug-likeness (QED) is 0.281. The van der Waals surface area contributed by atoms with Crippen LogP contribution in [-0.2, 0) is 21.2 Å². The largest absolute Gasteiger partial charge is 0.493 e. The van der Waals surface area contributed by atoms with Crippen LogP contribution in [0.5, 0.6) is 23.0 Å². The van der Waals surface area contributed by atoms with E-state index in [2.05, 4.69) is 10.0 Å². The predicted octanol–water partition coefficient (Wildman–Crippen LogP) is 5.02. The highest BCUT2D eigenvalue weighted by Crippen LogP contribution is 2.31. The van der Waals surface area contributed by atoms with Crippen LogP contribution in [-0.4, -0.2) is 34.6 Å². The number of para-hydroxylation sites is 3. The highest BCUT2D eigenvalue weighted by molar-refractivity contribution is 7.89. The molecular weight excluding hydrogens is 504 g/mol. The molecule has 196 valence electrons. The normalized spacial score (nSPS) is 11.8. The van der Waals surface area contributed by atoms with E-state index >= 15 is 0 Å². The second-order valence-electron chi connectivity index (χ2n) is 8.28. The summed E-state index contributed by atoms with van der Waals surface area (Å²) in [6.45, 7) is 0. The third kappa shape index (κ3) is 6.70. The smallest absolute Gasteiger partial charge is 0.243 e. The Labute approximate surface area is 222 Å². The molecule has 0 saturated heterocycles. The van der Waals surface area contributed by atoms with Crippen LogP contribution in [0.25, 0.3) is 0 Å². The lowest BCUT2D eigenvalue weighted by atomic mass is 10.1. The van der Waals surface area contributed by atoms with E-state index in [1.54, 1.807) is 36.4 Å². The molecule has 9 heteroatoms. The SMILES string of the molecule is COc1ccc(S(=O)(=O)NC(Cc2ccccc2)C(=O)Nc2ccccc2Oc2ccccc2)cc1OC. The van der Waals surface area contributed by atoms with E-state index in [0.29, 0.717) is 22.9 Å². The van der Waals surface area contributed by atoms with Crippen molar-refractivity contribution in [3.05, 3.63) is 109 Å². The van der Waals surface area contributed by atoms with Gasteiger partial charge in [-0.3, -0.25) is 4.79 Å². The Morgan fingerprint density at radius 2 is 1.39 bits per heavy atom. The van der Waals surface area contributed by atoms with Gasteiger partial charge in [-0.1, -0.05) is 60.7 Å². The van der Waals surface area contributed by atoms with Crippen molar-refractivity contribution in [2.75, 3.05) is 19.5 Å². The first-order chi connectivity index (χ1) is 18.4. The number of carbonyl (C=O) groups excluding carboxylic acids is 1. The van der Waals surface area contributed by atoms with Crippen molar-refractivity contribution >= 4 is 21.6 Å². The molecule has 1 atom stereocenters. The predicted molar refractivity (Wildman–Crippen MR) is 145 cm³/mol. The molecule has 8 nitrogen and oxygen atoms in total. The second-order valence-corrected chi connectivity index (χ2v) is 9.99. The van der Waals surface area contributed by atoms with Gasteiger partial charge in [-0.25, -0.2) is 8.42 Å². The number of carbonyl (C=O) groups is 1. The minimum Gasteiger partial charge on any atom is -0.493 e. The summed E-state index contributed by atoms with van der Waals surface area (Å²) in [6, 6.07) is 28.4. The molecule has 0 aliphatic rings. The van der Waals surface area contributed by atoms with Gasteiger partial charge in [-0.2, -0.15) is 4.72 Å². The molecule has 0 aliphatic carbocycles.